The van der Waals surface area contributed by atoms with E-state index in [1.807, 2.05) is 16.9 Å². The third kappa shape index (κ3) is 7.54. The van der Waals surface area contributed by atoms with Crippen molar-refractivity contribution < 1.29 is 9.59 Å². The number of hydrogen-bond donors (Lipinski definition) is 2. The van der Waals surface area contributed by atoms with Gasteiger partial charge in [0.1, 0.15) is 0 Å². The standard InChI is InChI=1S/C23H26Cl2N6O2S2/c1-5-8-31-20(29-30-23(31)35-12-19(32)28-22-26-14(4)11-34-22)18(9-13(2)3)27-21(33)16-7-6-15(24)10-17(16)25/h5-7,10-11,13,18H,1,8-9,12H2,2-4H3,(H,27,33)(H,26,28,32)/t18-/m0/s1. The Morgan fingerprint density at radius 3 is 2.69 bits per heavy atom. The summed E-state index contributed by atoms with van der Waals surface area (Å²) in [7, 11) is 0. The van der Waals surface area contributed by atoms with E-state index in [9.17, 15) is 9.59 Å². The summed E-state index contributed by atoms with van der Waals surface area (Å²) < 4.78 is 1.86. The molecule has 0 unspecified atom stereocenters. The lowest BCUT2D eigenvalue weighted by atomic mass is 10.0. The van der Waals surface area contributed by atoms with Crippen molar-refractivity contribution in [3.63, 3.8) is 0 Å². The molecule has 0 radical (unpaired) electrons. The molecule has 0 aliphatic carbocycles. The van der Waals surface area contributed by atoms with Crippen LogP contribution >= 0.6 is 46.3 Å². The Labute approximate surface area is 222 Å². The molecule has 0 fully saturated rings. The minimum atomic E-state index is -0.428. The first-order valence-electron chi connectivity index (χ1n) is 10.8. The number of aromatic nitrogens is 4. The summed E-state index contributed by atoms with van der Waals surface area (Å²) in [6.45, 7) is 10.2. The summed E-state index contributed by atoms with van der Waals surface area (Å²) >= 11 is 14.8. The number of thioether (sulfide) groups is 1. The third-order valence-corrected chi connectivity index (χ3v) is 7.14. The fraction of sp³-hybridized carbons (Fsp3) is 0.348. The molecule has 2 N–H and O–H groups in total. The van der Waals surface area contributed by atoms with Crippen LogP contribution in [0, 0.1) is 12.8 Å². The smallest absolute Gasteiger partial charge is 0.253 e. The number of aryl methyl sites for hydroxylation is 1. The third-order valence-electron chi connectivity index (χ3n) is 4.75. The number of thiazole rings is 1. The first-order valence-corrected chi connectivity index (χ1v) is 13.4. The van der Waals surface area contributed by atoms with Crippen LogP contribution in [0.5, 0.6) is 0 Å². The van der Waals surface area contributed by atoms with E-state index in [0.717, 1.165) is 5.69 Å². The number of anilines is 1. The SMILES string of the molecule is C=CCn1c(SCC(=O)Nc2nc(C)cs2)nnc1[C@H](CC(C)C)NC(=O)c1ccc(Cl)cc1Cl. The van der Waals surface area contributed by atoms with Gasteiger partial charge in [-0.15, -0.1) is 28.1 Å². The maximum Gasteiger partial charge on any atom is 0.253 e. The topological polar surface area (TPSA) is 102 Å². The summed E-state index contributed by atoms with van der Waals surface area (Å²) in [5.74, 6) is 0.449. The molecule has 0 spiro atoms. The molecule has 186 valence electrons. The normalized spacial score (nSPS) is 11.9. The van der Waals surface area contributed by atoms with Gasteiger partial charge in [0, 0.05) is 16.9 Å². The molecule has 3 aromatic rings. The van der Waals surface area contributed by atoms with Gasteiger partial charge in [-0.2, -0.15) is 0 Å². The first kappa shape index (κ1) is 27.2. The Morgan fingerprint density at radius 1 is 1.29 bits per heavy atom. The molecule has 0 bridgehead atoms. The van der Waals surface area contributed by atoms with Crippen molar-refractivity contribution >= 4 is 63.2 Å². The summed E-state index contributed by atoms with van der Waals surface area (Å²) in [6, 6.07) is 4.31. The number of nitrogens with one attached hydrogen (secondary N) is 2. The second-order valence-electron chi connectivity index (χ2n) is 8.15. The highest BCUT2D eigenvalue weighted by Gasteiger charge is 2.25. The van der Waals surface area contributed by atoms with Crippen LogP contribution < -0.4 is 10.6 Å². The maximum absolute atomic E-state index is 13.0. The number of benzene rings is 1. The molecule has 2 amide bonds. The van der Waals surface area contributed by atoms with E-state index in [4.69, 9.17) is 23.2 Å². The predicted molar refractivity (Wildman–Crippen MR) is 143 cm³/mol. The fourth-order valence-electron chi connectivity index (χ4n) is 3.27. The van der Waals surface area contributed by atoms with E-state index in [0.29, 0.717) is 39.7 Å². The van der Waals surface area contributed by atoms with Gasteiger partial charge in [-0.1, -0.05) is 54.9 Å². The lowest BCUT2D eigenvalue weighted by Crippen LogP contribution is -2.32. The molecule has 0 aliphatic rings. The van der Waals surface area contributed by atoms with Crippen molar-refractivity contribution in [1.82, 2.24) is 25.1 Å². The second-order valence-corrected chi connectivity index (χ2v) is 10.8. The Hall–Kier alpha value is -2.40. The van der Waals surface area contributed by atoms with Gasteiger partial charge in [-0.05, 0) is 37.5 Å². The van der Waals surface area contributed by atoms with Crippen LogP contribution in [0.15, 0.2) is 41.4 Å². The van der Waals surface area contributed by atoms with Gasteiger partial charge in [0.15, 0.2) is 16.1 Å². The van der Waals surface area contributed by atoms with Crippen molar-refractivity contribution in [2.45, 2.75) is 44.9 Å². The maximum atomic E-state index is 13.0. The van der Waals surface area contributed by atoms with Crippen molar-refractivity contribution in [2.75, 3.05) is 11.1 Å². The largest absolute Gasteiger partial charge is 0.342 e. The van der Waals surface area contributed by atoms with Crippen LogP contribution in [0.3, 0.4) is 0 Å². The van der Waals surface area contributed by atoms with Gasteiger partial charge in [0.2, 0.25) is 5.91 Å². The molecule has 12 heteroatoms. The van der Waals surface area contributed by atoms with Gasteiger partial charge in [-0.25, -0.2) is 4.98 Å². The lowest BCUT2D eigenvalue weighted by Gasteiger charge is -2.21. The molecule has 2 aromatic heterocycles. The number of hydrogen-bond acceptors (Lipinski definition) is 7. The number of allylic oxidation sites excluding steroid dienone is 1. The number of carbonyl (C=O) groups excluding carboxylic acids is 2. The van der Waals surface area contributed by atoms with E-state index in [1.165, 1.54) is 29.2 Å². The minimum absolute atomic E-state index is 0.134. The van der Waals surface area contributed by atoms with Crippen molar-refractivity contribution in [3.8, 4) is 0 Å². The molecule has 1 atom stereocenters. The zero-order valence-electron chi connectivity index (χ0n) is 19.5. The molecule has 0 aliphatic heterocycles. The average molecular weight is 554 g/mol. The van der Waals surface area contributed by atoms with Crippen molar-refractivity contribution in [3.05, 3.63) is 63.4 Å². The van der Waals surface area contributed by atoms with E-state index in [2.05, 4.69) is 46.2 Å². The number of nitrogens with zero attached hydrogens (tertiary/aromatic N) is 4. The van der Waals surface area contributed by atoms with Gasteiger partial charge < -0.3 is 15.2 Å². The Kier molecular flexibility index (Phi) is 9.73. The van der Waals surface area contributed by atoms with Crippen LogP contribution in [0.2, 0.25) is 10.0 Å². The summed E-state index contributed by atoms with van der Waals surface area (Å²) in [5.41, 5.74) is 1.18. The molecule has 0 saturated carbocycles. The average Bonchev–Trinajstić information content (AvgIpc) is 3.37. The highest BCUT2D eigenvalue weighted by Crippen LogP contribution is 2.27. The molecular formula is C23H26Cl2N6O2S2. The fourth-order valence-corrected chi connectivity index (χ4v) is 5.23. The molecule has 2 heterocycles. The highest BCUT2D eigenvalue weighted by molar-refractivity contribution is 7.99. The van der Waals surface area contributed by atoms with E-state index >= 15 is 0 Å². The first-order chi connectivity index (χ1) is 16.7. The molecule has 35 heavy (non-hydrogen) atoms. The molecule has 3 rings (SSSR count). The van der Waals surface area contributed by atoms with Crippen molar-refractivity contribution in [1.29, 1.82) is 0 Å². The van der Waals surface area contributed by atoms with Crippen molar-refractivity contribution in [2.24, 2.45) is 5.92 Å². The van der Waals surface area contributed by atoms with E-state index in [1.54, 1.807) is 18.2 Å². The molecule has 1 aromatic carbocycles. The summed E-state index contributed by atoms with van der Waals surface area (Å²) in [5, 5.41) is 18.2. The van der Waals surface area contributed by atoms with Gasteiger partial charge in [-0.3, -0.25) is 9.59 Å². The van der Waals surface area contributed by atoms with E-state index in [-0.39, 0.29) is 28.5 Å². The Morgan fingerprint density at radius 2 is 2.06 bits per heavy atom. The molecular weight excluding hydrogens is 527 g/mol. The predicted octanol–water partition coefficient (Wildman–Crippen LogP) is 5.78. The second kappa shape index (κ2) is 12.5. The minimum Gasteiger partial charge on any atom is -0.342 e. The number of carbonyl (C=O) groups is 2. The van der Waals surface area contributed by atoms with Crippen LogP contribution in [0.1, 0.15) is 48.2 Å². The number of halogens is 2. The monoisotopic (exact) mass is 552 g/mol. The van der Waals surface area contributed by atoms with Crippen LogP contribution in [0.4, 0.5) is 5.13 Å². The molecule has 8 nitrogen and oxygen atoms in total. The van der Waals surface area contributed by atoms with Crippen LogP contribution in [-0.2, 0) is 11.3 Å². The Balaban J connectivity index is 1.79. The Bertz CT molecular complexity index is 1210. The molecule has 0 saturated heterocycles. The number of amides is 2. The zero-order valence-corrected chi connectivity index (χ0v) is 22.7. The van der Waals surface area contributed by atoms with E-state index < -0.39 is 6.04 Å². The van der Waals surface area contributed by atoms with Crippen LogP contribution in [0.25, 0.3) is 0 Å². The quantitative estimate of drug-likeness (QED) is 0.231. The zero-order chi connectivity index (χ0) is 25.5. The highest BCUT2D eigenvalue weighted by atomic mass is 35.5. The lowest BCUT2D eigenvalue weighted by molar-refractivity contribution is -0.113. The number of rotatable bonds is 11. The summed E-state index contributed by atoms with van der Waals surface area (Å²) in [6.07, 6.45) is 2.35. The summed E-state index contributed by atoms with van der Waals surface area (Å²) in [4.78, 5) is 29.7. The van der Waals surface area contributed by atoms with Gasteiger partial charge in [0.05, 0.1) is 28.1 Å². The van der Waals surface area contributed by atoms with Gasteiger partial charge >= 0.3 is 0 Å². The van der Waals surface area contributed by atoms with Gasteiger partial charge in [0.25, 0.3) is 5.91 Å². The van der Waals surface area contributed by atoms with Crippen LogP contribution in [-0.4, -0.2) is 37.3 Å².